The van der Waals surface area contributed by atoms with E-state index in [0.717, 1.165) is 12.8 Å². The first-order valence-electron chi connectivity index (χ1n) is 8.11. The molecule has 0 aliphatic heterocycles. The molecule has 0 bridgehead atoms. The lowest BCUT2D eigenvalue weighted by Crippen LogP contribution is -1.85. The van der Waals surface area contributed by atoms with Crippen molar-refractivity contribution in [2.24, 2.45) is 0 Å². The SMILES string of the molecule is Cc1ccc(CCCC=Cn2ccnc2)cc1.c1cc2ccc1-2. The Bertz CT molecular complexity index is 715. The minimum Gasteiger partial charge on any atom is -0.313 e. The molecular formula is C21H22N2. The summed E-state index contributed by atoms with van der Waals surface area (Å²) < 4.78 is 1.96. The largest absolute Gasteiger partial charge is 0.313 e. The molecule has 0 spiro atoms. The fourth-order valence-corrected chi connectivity index (χ4v) is 2.40. The van der Waals surface area contributed by atoms with Crippen LogP contribution in [0.15, 0.2) is 73.3 Å². The molecule has 2 aliphatic carbocycles. The van der Waals surface area contributed by atoms with Gasteiger partial charge in [0.15, 0.2) is 0 Å². The van der Waals surface area contributed by atoms with Crippen LogP contribution in [0.3, 0.4) is 0 Å². The van der Waals surface area contributed by atoms with E-state index >= 15 is 0 Å². The van der Waals surface area contributed by atoms with Gasteiger partial charge < -0.3 is 4.57 Å². The van der Waals surface area contributed by atoms with Crippen molar-refractivity contribution in [3.63, 3.8) is 0 Å². The van der Waals surface area contributed by atoms with E-state index in [0.29, 0.717) is 0 Å². The second kappa shape index (κ2) is 7.59. The Morgan fingerprint density at radius 1 is 0.957 bits per heavy atom. The first-order valence-corrected chi connectivity index (χ1v) is 8.11. The van der Waals surface area contributed by atoms with Gasteiger partial charge in [0.2, 0.25) is 0 Å². The molecule has 0 radical (unpaired) electrons. The molecule has 2 nitrogen and oxygen atoms in total. The van der Waals surface area contributed by atoms with E-state index < -0.39 is 0 Å². The Morgan fingerprint density at radius 2 is 1.65 bits per heavy atom. The van der Waals surface area contributed by atoms with Gasteiger partial charge in [-0.05, 0) is 42.9 Å². The van der Waals surface area contributed by atoms with Gasteiger partial charge in [-0.25, -0.2) is 4.98 Å². The van der Waals surface area contributed by atoms with Crippen molar-refractivity contribution in [3.8, 4) is 11.1 Å². The highest BCUT2D eigenvalue weighted by Crippen LogP contribution is 2.29. The van der Waals surface area contributed by atoms with Crippen molar-refractivity contribution in [1.82, 2.24) is 9.55 Å². The van der Waals surface area contributed by atoms with Crippen LogP contribution in [0, 0.1) is 6.92 Å². The van der Waals surface area contributed by atoms with Crippen LogP contribution in [-0.2, 0) is 6.42 Å². The maximum Gasteiger partial charge on any atom is 0.0986 e. The van der Waals surface area contributed by atoms with E-state index in [1.54, 1.807) is 12.5 Å². The number of aryl methyl sites for hydroxylation is 2. The Morgan fingerprint density at radius 3 is 2.17 bits per heavy atom. The molecule has 4 rings (SSSR count). The van der Waals surface area contributed by atoms with Crippen LogP contribution in [0.2, 0.25) is 0 Å². The quantitative estimate of drug-likeness (QED) is 0.454. The molecule has 2 aromatic rings. The summed E-state index contributed by atoms with van der Waals surface area (Å²) in [6, 6.07) is 17.3. The zero-order valence-corrected chi connectivity index (χ0v) is 13.5. The Kier molecular flexibility index (Phi) is 5.05. The summed E-state index contributed by atoms with van der Waals surface area (Å²) in [6.07, 6.45) is 13.2. The van der Waals surface area contributed by atoms with Gasteiger partial charge in [0, 0.05) is 18.6 Å². The fraction of sp³-hybridized carbons (Fsp3) is 0.190. The van der Waals surface area contributed by atoms with Crippen molar-refractivity contribution in [3.05, 3.63) is 84.5 Å². The molecule has 1 aromatic carbocycles. The van der Waals surface area contributed by atoms with Crippen LogP contribution in [0.4, 0.5) is 0 Å². The lowest BCUT2D eigenvalue weighted by Gasteiger charge is -2.10. The normalized spacial score (nSPS) is 11.2. The molecule has 0 amide bonds. The maximum atomic E-state index is 3.99. The van der Waals surface area contributed by atoms with Crippen molar-refractivity contribution in [2.45, 2.75) is 26.2 Å². The zero-order valence-electron chi connectivity index (χ0n) is 13.5. The third kappa shape index (κ3) is 4.43. The van der Waals surface area contributed by atoms with Gasteiger partial charge in [0.25, 0.3) is 0 Å². The van der Waals surface area contributed by atoms with Crippen LogP contribution in [-0.4, -0.2) is 9.55 Å². The topological polar surface area (TPSA) is 17.8 Å². The molecule has 0 unspecified atom stereocenters. The predicted octanol–water partition coefficient (Wildman–Crippen LogP) is 5.35. The lowest BCUT2D eigenvalue weighted by molar-refractivity contribution is 0.842. The van der Waals surface area contributed by atoms with E-state index in [9.17, 15) is 0 Å². The van der Waals surface area contributed by atoms with Gasteiger partial charge >= 0.3 is 0 Å². The average Bonchev–Trinajstić information content (AvgIpc) is 3.06. The number of nitrogens with zero attached hydrogens (tertiary/aromatic N) is 2. The summed E-state index contributed by atoms with van der Waals surface area (Å²) >= 11 is 0. The van der Waals surface area contributed by atoms with Gasteiger partial charge in [0.1, 0.15) is 0 Å². The van der Waals surface area contributed by atoms with Crippen LogP contribution in [0.5, 0.6) is 0 Å². The molecule has 2 heteroatoms. The Labute approximate surface area is 138 Å². The lowest BCUT2D eigenvalue weighted by atomic mass is 9.95. The molecule has 0 saturated carbocycles. The van der Waals surface area contributed by atoms with Crippen molar-refractivity contribution >= 4 is 6.20 Å². The van der Waals surface area contributed by atoms with E-state index in [-0.39, 0.29) is 0 Å². The van der Waals surface area contributed by atoms with Gasteiger partial charge in [0.05, 0.1) is 6.33 Å². The number of fused-ring (bicyclic) bond motifs is 1. The summed E-state index contributed by atoms with van der Waals surface area (Å²) in [7, 11) is 0. The van der Waals surface area contributed by atoms with Crippen LogP contribution >= 0.6 is 0 Å². The highest BCUT2D eigenvalue weighted by Gasteiger charge is 2.04. The number of imidazole rings is 1. The fourth-order valence-electron chi connectivity index (χ4n) is 2.40. The predicted molar refractivity (Wildman–Crippen MR) is 97.1 cm³/mol. The molecule has 2 aliphatic rings. The number of benzene rings is 2. The smallest absolute Gasteiger partial charge is 0.0986 e. The van der Waals surface area contributed by atoms with Crippen LogP contribution < -0.4 is 0 Å². The van der Waals surface area contributed by atoms with Gasteiger partial charge in [-0.1, -0.05) is 60.2 Å². The maximum absolute atomic E-state index is 3.99. The number of aromatic nitrogens is 2. The van der Waals surface area contributed by atoms with E-state index in [4.69, 9.17) is 0 Å². The second-order valence-electron chi connectivity index (χ2n) is 5.85. The summed E-state index contributed by atoms with van der Waals surface area (Å²) in [6.45, 7) is 2.12. The first-order chi connectivity index (χ1) is 11.3. The minimum absolute atomic E-state index is 1.10. The monoisotopic (exact) mass is 302 g/mol. The number of allylic oxidation sites excluding steroid dienone is 1. The third-order valence-corrected chi connectivity index (χ3v) is 3.98. The second-order valence-corrected chi connectivity index (χ2v) is 5.85. The third-order valence-electron chi connectivity index (χ3n) is 3.98. The standard InChI is InChI=1S/C15H18N2.C6H4/c1-14-6-8-15(9-7-14)5-3-2-4-11-17-12-10-16-13-17;1-2-6-4-3-5(1)6/h4,6-13H,2-3,5H2,1H3;1-4H. The molecule has 0 fully saturated rings. The van der Waals surface area contributed by atoms with E-state index in [1.165, 1.54) is 28.7 Å². The van der Waals surface area contributed by atoms with Crippen LogP contribution in [0.25, 0.3) is 17.3 Å². The average molecular weight is 302 g/mol. The molecule has 1 heterocycles. The van der Waals surface area contributed by atoms with Gasteiger partial charge in [-0.15, -0.1) is 0 Å². The van der Waals surface area contributed by atoms with Crippen molar-refractivity contribution in [1.29, 1.82) is 0 Å². The minimum atomic E-state index is 1.10. The van der Waals surface area contributed by atoms with Gasteiger partial charge in [-0.3, -0.25) is 0 Å². The summed E-state index contributed by atoms with van der Waals surface area (Å²) in [5.74, 6) is 0. The molecule has 1 aromatic heterocycles. The molecule has 116 valence electrons. The zero-order chi connectivity index (χ0) is 15.9. The Balaban J connectivity index is 0.000000213. The van der Waals surface area contributed by atoms with E-state index in [2.05, 4.69) is 72.7 Å². The highest BCUT2D eigenvalue weighted by molar-refractivity contribution is 5.75. The highest BCUT2D eigenvalue weighted by atomic mass is 15.0. The molecule has 0 atom stereocenters. The summed E-state index contributed by atoms with van der Waals surface area (Å²) in [5.41, 5.74) is 5.60. The van der Waals surface area contributed by atoms with E-state index in [1.807, 2.05) is 10.8 Å². The first kappa shape index (κ1) is 15.3. The number of rotatable bonds is 5. The number of hydrogen-bond donors (Lipinski definition) is 0. The van der Waals surface area contributed by atoms with Gasteiger partial charge in [-0.2, -0.15) is 0 Å². The van der Waals surface area contributed by atoms with Crippen LogP contribution in [0.1, 0.15) is 24.0 Å². The summed E-state index contributed by atoms with van der Waals surface area (Å²) in [4.78, 5) is 3.99. The number of hydrogen-bond acceptors (Lipinski definition) is 1. The Hall–Kier alpha value is -2.61. The molecule has 0 N–H and O–H groups in total. The molecular weight excluding hydrogens is 280 g/mol. The molecule has 0 saturated heterocycles. The number of unbranched alkanes of at least 4 members (excludes halogenated alkanes) is 1. The van der Waals surface area contributed by atoms with Crippen molar-refractivity contribution < 1.29 is 0 Å². The van der Waals surface area contributed by atoms with Crippen molar-refractivity contribution in [2.75, 3.05) is 0 Å². The molecule has 23 heavy (non-hydrogen) atoms. The summed E-state index contributed by atoms with van der Waals surface area (Å²) in [5, 5.41) is 0.